The lowest BCUT2D eigenvalue weighted by atomic mass is 10.1. The van der Waals surface area contributed by atoms with Gasteiger partial charge in [-0.3, -0.25) is 4.79 Å². The maximum Gasteiger partial charge on any atom is 0.258 e. The van der Waals surface area contributed by atoms with Gasteiger partial charge < -0.3 is 20.1 Å². The molecule has 0 radical (unpaired) electrons. The number of carbonyl (C=O) groups is 1. The van der Waals surface area contributed by atoms with Gasteiger partial charge in [-0.25, -0.2) is 9.97 Å². The van der Waals surface area contributed by atoms with Crippen molar-refractivity contribution in [2.75, 3.05) is 17.4 Å². The average Bonchev–Trinajstić information content (AvgIpc) is 3.12. The summed E-state index contributed by atoms with van der Waals surface area (Å²) in [6, 6.07) is 11.3. The monoisotopic (exact) mass is 362 g/mol. The lowest BCUT2D eigenvalue weighted by Gasteiger charge is -2.09. The number of aromatic nitrogens is 2. The van der Waals surface area contributed by atoms with Crippen LogP contribution in [-0.2, 0) is 0 Å². The second-order valence-electron chi connectivity index (χ2n) is 6.26. The molecule has 1 aromatic heterocycles. The van der Waals surface area contributed by atoms with Crippen molar-refractivity contribution >= 4 is 23.2 Å². The number of ether oxygens (including phenoxy) is 2. The van der Waals surface area contributed by atoms with Crippen molar-refractivity contribution in [3.05, 3.63) is 65.5 Å². The fourth-order valence-corrected chi connectivity index (χ4v) is 2.76. The van der Waals surface area contributed by atoms with Gasteiger partial charge in [-0.1, -0.05) is 17.7 Å². The Morgan fingerprint density at radius 3 is 2.56 bits per heavy atom. The van der Waals surface area contributed by atoms with Gasteiger partial charge in [0.05, 0.1) is 5.56 Å². The molecule has 2 N–H and O–H groups in total. The summed E-state index contributed by atoms with van der Waals surface area (Å²) in [7, 11) is 0. The molecule has 7 heteroatoms. The third-order valence-corrected chi connectivity index (χ3v) is 4.17. The molecule has 0 aliphatic carbocycles. The quantitative estimate of drug-likeness (QED) is 0.734. The fraction of sp³-hybridized carbons (Fsp3) is 0.150. The van der Waals surface area contributed by atoms with Crippen molar-refractivity contribution in [1.82, 2.24) is 9.97 Å². The van der Waals surface area contributed by atoms with E-state index in [1.54, 1.807) is 18.2 Å². The zero-order valence-electron chi connectivity index (χ0n) is 14.9. The number of benzene rings is 2. The van der Waals surface area contributed by atoms with Gasteiger partial charge in [0.1, 0.15) is 0 Å². The first kappa shape index (κ1) is 16.8. The molecule has 1 amide bonds. The summed E-state index contributed by atoms with van der Waals surface area (Å²) < 4.78 is 10.6. The Kier molecular flexibility index (Phi) is 4.33. The Hall–Kier alpha value is -3.61. The van der Waals surface area contributed by atoms with Crippen molar-refractivity contribution in [3.63, 3.8) is 0 Å². The number of fused-ring (bicyclic) bond motifs is 1. The number of nitrogens with one attached hydrogen (secondary N) is 2. The van der Waals surface area contributed by atoms with Crippen LogP contribution in [0.15, 0.2) is 48.8 Å². The lowest BCUT2D eigenvalue weighted by Crippen LogP contribution is -2.13. The SMILES string of the molecule is Cc1ccc(Nc2ncc(C(=O)Nc3ccc4c(c3)OCO4)cn2)c(C)c1. The number of carbonyl (C=O) groups excluding carboxylic acids is 1. The zero-order valence-corrected chi connectivity index (χ0v) is 14.9. The maximum atomic E-state index is 12.4. The molecule has 136 valence electrons. The van der Waals surface area contributed by atoms with Gasteiger partial charge in [0.2, 0.25) is 12.7 Å². The largest absolute Gasteiger partial charge is 0.454 e. The summed E-state index contributed by atoms with van der Waals surface area (Å²) in [6.07, 6.45) is 2.97. The molecule has 1 aliphatic heterocycles. The molecule has 0 fully saturated rings. The van der Waals surface area contributed by atoms with Crippen molar-refractivity contribution in [2.24, 2.45) is 0 Å². The fourth-order valence-electron chi connectivity index (χ4n) is 2.76. The second-order valence-corrected chi connectivity index (χ2v) is 6.26. The molecule has 0 spiro atoms. The maximum absolute atomic E-state index is 12.4. The summed E-state index contributed by atoms with van der Waals surface area (Å²) in [6.45, 7) is 4.25. The molecule has 0 unspecified atom stereocenters. The molecule has 0 bridgehead atoms. The molecule has 0 saturated heterocycles. The number of rotatable bonds is 4. The standard InChI is InChI=1S/C20H18N4O3/c1-12-3-5-16(13(2)7-12)24-20-21-9-14(10-22-20)19(25)23-15-4-6-17-18(8-15)27-11-26-17/h3-10H,11H2,1-2H3,(H,23,25)(H,21,22,24). The van der Waals surface area contributed by atoms with Crippen LogP contribution in [0.2, 0.25) is 0 Å². The van der Waals surface area contributed by atoms with Crippen LogP contribution in [0.25, 0.3) is 0 Å². The van der Waals surface area contributed by atoms with E-state index in [1.807, 2.05) is 26.0 Å². The highest BCUT2D eigenvalue weighted by Crippen LogP contribution is 2.34. The molecule has 2 heterocycles. The summed E-state index contributed by atoms with van der Waals surface area (Å²) in [5, 5.41) is 5.96. The van der Waals surface area contributed by atoms with E-state index in [-0.39, 0.29) is 12.7 Å². The number of hydrogen-bond donors (Lipinski definition) is 2. The minimum absolute atomic E-state index is 0.190. The first-order chi connectivity index (χ1) is 13.1. The molecule has 7 nitrogen and oxygen atoms in total. The molecule has 0 saturated carbocycles. The predicted molar refractivity (Wildman–Crippen MR) is 102 cm³/mol. The summed E-state index contributed by atoms with van der Waals surface area (Å²) in [5.41, 5.74) is 4.19. The molecule has 2 aromatic carbocycles. The van der Waals surface area contributed by atoms with E-state index in [0.717, 1.165) is 11.3 Å². The molecular weight excluding hydrogens is 344 g/mol. The topological polar surface area (TPSA) is 85.4 Å². The Morgan fingerprint density at radius 2 is 1.78 bits per heavy atom. The van der Waals surface area contributed by atoms with Gasteiger partial charge >= 0.3 is 0 Å². The van der Waals surface area contributed by atoms with Crippen LogP contribution in [0, 0.1) is 13.8 Å². The molecule has 1 aliphatic rings. The van der Waals surface area contributed by atoms with E-state index in [2.05, 4.69) is 26.7 Å². The van der Waals surface area contributed by atoms with Crippen LogP contribution in [0.1, 0.15) is 21.5 Å². The second kappa shape index (κ2) is 6.95. The highest BCUT2D eigenvalue weighted by atomic mass is 16.7. The van der Waals surface area contributed by atoms with Crippen molar-refractivity contribution in [1.29, 1.82) is 0 Å². The minimum atomic E-state index is -0.299. The van der Waals surface area contributed by atoms with E-state index < -0.39 is 0 Å². The van der Waals surface area contributed by atoms with Crippen molar-refractivity contribution in [3.8, 4) is 11.5 Å². The summed E-state index contributed by atoms with van der Waals surface area (Å²) in [4.78, 5) is 20.9. The van der Waals surface area contributed by atoms with Gasteiger partial charge in [-0.2, -0.15) is 0 Å². The molecular formula is C20H18N4O3. The van der Waals surface area contributed by atoms with Gasteiger partial charge in [0, 0.05) is 29.8 Å². The Balaban J connectivity index is 1.44. The normalized spacial score (nSPS) is 11.9. The molecule has 3 aromatic rings. The minimum Gasteiger partial charge on any atom is -0.454 e. The summed E-state index contributed by atoms with van der Waals surface area (Å²) in [5.74, 6) is 1.41. The van der Waals surface area contributed by atoms with Crippen molar-refractivity contribution in [2.45, 2.75) is 13.8 Å². The zero-order chi connectivity index (χ0) is 18.8. The predicted octanol–water partition coefficient (Wildman–Crippen LogP) is 3.82. The third-order valence-electron chi connectivity index (χ3n) is 4.17. The smallest absolute Gasteiger partial charge is 0.258 e. The van der Waals surface area contributed by atoms with Crippen LogP contribution in [0.3, 0.4) is 0 Å². The van der Waals surface area contributed by atoms with Gasteiger partial charge in [0.15, 0.2) is 11.5 Å². The van der Waals surface area contributed by atoms with Gasteiger partial charge in [0.25, 0.3) is 5.91 Å². The number of aryl methyl sites for hydroxylation is 2. The molecule has 4 rings (SSSR count). The Morgan fingerprint density at radius 1 is 1.00 bits per heavy atom. The van der Waals surface area contributed by atoms with Gasteiger partial charge in [-0.05, 0) is 37.6 Å². The van der Waals surface area contributed by atoms with Gasteiger partial charge in [-0.15, -0.1) is 0 Å². The third kappa shape index (κ3) is 3.67. The Labute approximate surface area is 156 Å². The van der Waals surface area contributed by atoms with Crippen LogP contribution in [0.5, 0.6) is 11.5 Å². The summed E-state index contributed by atoms with van der Waals surface area (Å²) >= 11 is 0. The van der Waals surface area contributed by atoms with Crippen LogP contribution < -0.4 is 20.1 Å². The van der Waals surface area contributed by atoms with E-state index >= 15 is 0 Å². The first-order valence-corrected chi connectivity index (χ1v) is 8.46. The van der Waals surface area contributed by atoms with E-state index in [4.69, 9.17) is 9.47 Å². The number of amides is 1. The Bertz CT molecular complexity index is 1000. The highest BCUT2D eigenvalue weighted by molar-refractivity contribution is 6.04. The van der Waals surface area contributed by atoms with Crippen LogP contribution in [0.4, 0.5) is 17.3 Å². The van der Waals surface area contributed by atoms with Crippen LogP contribution in [-0.4, -0.2) is 22.7 Å². The van der Waals surface area contributed by atoms with Crippen molar-refractivity contribution < 1.29 is 14.3 Å². The average molecular weight is 362 g/mol. The number of nitrogens with zero attached hydrogens (tertiary/aromatic N) is 2. The van der Waals surface area contributed by atoms with Crippen LogP contribution >= 0.6 is 0 Å². The first-order valence-electron chi connectivity index (χ1n) is 8.46. The van der Waals surface area contributed by atoms with E-state index in [1.165, 1.54) is 18.0 Å². The number of hydrogen-bond acceptors (Lipinski definition) is 6. The van der Waals surface area contributed by atoms with E-state index in [9.17, 15) is 4.79 Å². The molecule has 27 heavy (non-hydrogen) atoms. The molecule has 0 atom stereocenters. The lowest BCUT2D eigenvalue weighted by molar-refractivity contribution is 0.102. The van der Waals surface area contributed by atoms with E-state index in [0.29, 0.717) is 28.7 Å². The highest BCUT2D eigenvalue weighted by Gasteiger charge is 2.15. The number of anilines is 3.